The molecule has 0 N–H and O–H groups in total. The predicted molar refractivity (Wildman–Crippen MR) is 84.7 cm³/mol. The summed E-state index contributed by atoms with van der Waals surface area (Å²) in [5, 5.41) is 0. The zero-order chi connectivity index (χ0) is 17.0. The fraction of sp³-hybridized carbons (Fsp3) is 0.875. The summed E-state index contributed by atoms with van der Waals surface area (Å²) in [4.78, 5) is 25.5. The predicted octanol–water partition coefficient (Wildman–Crippen LogP) is 2.85. The molecule has 6 nitrogen and oxygen atoms in total. The number of amides is 1. The number of ether oxygens (including phenoxy) is 3. The second-order valence-electron chi connectivity index (χ2n) is 5.74. The number of esters is 1. The lowest BCUT2D eigenvalue weighted by Crippen LogP contribution is -2.44. The Morgan fingerprint density at radius 1 is 1.05 bits per heavy atom. The molecule has 0 spiro atoms. The van der Waals surface area contributed by atoms with Gasteiger partial charge in [0.2, 0.25) is 0 Å². The maximum Gasteiger partial charge on any atom is 0.410 e. The van der Waals surface area contributed by atoms with Crippen molar-refractivity contribution in [1.29, 1.82) is 0 Å². The molecule has 0 saturated carbocycles. The minimum absolute atomic E-state index is 0.166. The molecule has 130 valence electrons. The van der Waals surface area contributed by atoms with E-state index in [2.05, 4.69) is 6.92 Å². The molecular weight excluding hydrogens is 286 g/mol. The molecule has 0 heterocycles. The van der Waals surface area contributed by atoms with Gasteiger partial charge in [-0.15, -0.1) is 0 Å². The van der Waals surface area contributed by atoms with E-state index in [9.17, 15) is 9.59 Å². The van der Waals surface area contributed by atoms with Gasteiger partial charge in [-0.1, -0.05) is 33.6 Å². The molecule has 0 aromatic carbocycles. The minimum Gasteiger partial charge on any atom is -0.464 e. The van der Waals surface area contributed by atoms with E-state index in [0.29, 0.717) is 19.6 Å². The van der Waals surface area contributed by atoms with Gasteiger partial charge in [0.15, 0.2) is 0 Å². The van der Waals surface area contributed by atoms with Gasteiger partial charge in [0.1, 0.15) is 12.6 Å². The number of hydrogen-bond donors (Lipinski definition) is 0. The van der Waals surface area contributed by atoms with Crippen molar-refractivity contribution in [2.45, 2.75) is 52.5 Å². The molecule has 0 aromatic heterocycles. The van der Waals surface area contributed by atoms with Crippen molar-refractivity contribution in [3.05, 3.63) is 0 Å². The molecular formula is C16H31NO5. The topological polar surface area (TPSA) is 65.1 Å². The number of hydrogen-bond acceptors (Lipinski definition) is 5. The average molecular weight is 317 g/mol. The molecule has 0 aliphatic rings. The van der Waals surface area contributed by atoms with Gasteiger partial charge >= 0.3 is 12.1 Å². The van der Waals surface area contributed by atoms with Crippen LogP contribution in [0.15, 0.2) is 0 Å². The molecule has 0 bridgehead atoms. The van der Waals surface area contributed by atoms with Crippen LogP contribution in [0, 0.1) is 5.92 Å². The van der Waals surface area contributed by atoms with Crippen LogP contribution >= 0.6 is 0 Å². The van der Waals surface area contributed by atoms with Crippen LogP contribution in [-0.2, 0) is 19.0 Å². The number of methoxy groups -OCH3 is 1. The Bertz CT molecular complexity index is 320. The maximum atomic E-state index is 12.2. The Balaban J connectivity index is 4.52. The fourth-order valence-electron chi connectivity index (χ4n) is 1.92. The molecule has 1 atom stereocenters. The number of nitrogens with zero attached hydrogens (tertiary/aromatic N) is 1. The van der Waals surface area contributed by atoms with Gasteiger partial charge in [0, 0.05) is 14.2 Å². The van der Waals surface area contributed by atoms with E-state index in [0.717, 1.165) is 19.3 Å². The average Bonchev–Trinajstić information content (AvgIpc) is 2.48. The van der Waals surface area contributed by atoms with Crippen LogP contribution in [0.25, 0.3) is 0 Å². The van der Waals surface area contributed by atoms with E-state index in [4.69, 9.17) is 14.2 Å². The van der Waals surface area contributed by atoms with Crippen LogP contribution in [0.1, 0.15) is 46.5 Å². The molecule has 0 rings (SSSR count). The summed E-state index contributed by atoms with van der Waals surface area (Å²) in [5.41, 5.74) is 0. The fourth-order valence-corrected chi connectivity index (χ4v) is 1.92. The van der Waals surface area contributed by atoms with Crippen molar-refractivity contribution in [2.75, 3.05) is 34.0 Å². The number of unbranched alkanes of at least 4 members (excludes halogenated alkanes) is 2. The largest absolute Gasteiger partial charge is 0.464 e. The quantitative estimate of drug-likeness (QED) is 0.433. The summed E-state index contributed by atoms with van der Waals surface area (Å²) >= 11 is 0. The third-order valence-corrected chi connectivity index (χ3v) is 3.23. The molecule has 1 amide bonds. The van der Waals surface area contributed by atoms with E-state index in [1.54, 1.807) is 7.05 Å². The van der Waals surface area contributed by atoms with Crippen molar-refractivity contribution in [1.82, 2.24) is 4.90 Å². The summed E-state index contributed by atoms with van der Waals surface area (Å²) in [6, 6.07) is -0.614. The zero-order valence-electron chi connectivity index (χ0n) is 14.6. The van der Waals surface area contributed by atoms with Gasteiger partial charge in [-0.2, -0.15) is 0 Å². The van der Waals surface area contributed by atoms with E-state index in [1.165, 1.54) is 12.0 Å². The van der Waals surface area contributed by atoms with Crippen molar-refractivity contribution in [3.63, 3.8) is 0 Å². The van der Waals surface area contributed by atoms with Crippen LogP contribution in [0.2, 0.25) is 0 Å². The maximum absolute atomic E-state index is 12.2. The Labute approximate surface area is 134 Å². The van der Waals surface area contributed by atoms with Crippen LogP contribution in [0.4, 0.5) is 4.79 Å². The van der Waals surface area contributed by atoms with Crippen LogP contribution < -0.4 is 0 Å². The van der Waals surface area contributed by atoms with Crippen LogP contribution in [0.5, 0.6) is 0 Å². The van der Waals surface area contributed by atoms with E-state index >= 15 is 0 Å². The Morgan fingerprint density at radius 2 is 1.73 bits per heavy atom. The highest BCUT2D eigenvalue weighted by Gasteiger charge is 2.29. The first-order valence-electron chi connectivity index (χ1n) is 7.99. The molecule has 1 unspecified atom stereocenters. The lowest BCUT2D eigenvalue weighted by molar-refractivity contribution is -0.149. The van der Waals surface area contributed by atoms with Crippen molar-refractivity contribution in [2.24, 2.45) is 5.92 Å². The highest BCUT2D eigenvalue weighted by Crippen LogP contribution is 2.13. The highest BCUT2D eigenvalue weighted by atomic mass is 16.6. The van der Waals surface area contributed by atoms with Crippen LogP contribution in [-0.4, -0.2) is 57.0 Å². The minimum atomic E-state index is -0.614. The second-order valence-corrected chi connectivity index (χ2v) is 5.74. The molecule has 0 radical (unpaired) electrons. The first kappa shape index (κ1) is 20.7. The van der Waals surface area contributed by atoms with Gasteiger partial charge < -0.3 is 14.2 Å². The molecule has 22 heavy (non-hydrogen) atoms. The molecule has 0 fully saturated rings. The monoisotopic (exact) mass is 317 g/mol. The smallest absolute Gasteiger partial charge is 0.410 e. The summed E-state index contributed by atoms with van der Waals surface area (Å²) < 4.78 is 15.2. The number of carbonyl (C=O) groups is 2. The third-order valence-electron chi connectivity index (χ3n) is 3.23. The normalized spacial score (nSPS) is 12.1. The number of carbonyl (C=O) groups excluding carboxylic acids is 2. The van der Waals surface area contributed by atoms with Gasteiger partial charge in [-0.3, -0.25) is 4.90 Å². The van der Waals surface area contributed by atoms with Crippen molar-refractivity contribution >= 4 is 12.1 Å². The molecule has 0 aliphatic heterocycles. The first-order valence-corrected chi connectivity index (χ1v) is 7.99. The number of likely N-dealkylation sites (N-methyl/N-ethyl adjacent to an activating group) is 1. The third kappa shape index (κ3) is 8.87. The SMILES string of the molecule is CCCCCOC(=O)C(CC(C)C)N(C)C(=O)OCCOC. The lowest BCUT2D eigenvalue weighted by atomic mass is 10.0. The van der Waals surface area contributed by atoms with E-state index in [-0.39, 0.29) is 18.5 Å². The van der Waals surface area contributed by atoms with Gasteiger partial charge in [-0.25, -0.2) is 9.59 Å². The Hall–Kier alpha value is -1.30. The lowest BCUT2D eigenvalue weighted by Gasteiger charge is -2.27. The summed E-state index contributed by atoms with van der Waals surface area (Å²) in [7, 11) is 3.10. The standard InChI is InChI=1S/C16H31NO5/c1-6-7-8-9-21-15(18)14(12-13(2)3)17(4)16(19)22-11-10-20-5/h13-14H,6-12H2,1-5H3. The molecule has 6 heteroatoms. The molecule has 0 aromatic rings. The Morgan fingerprint density at radius 3 is 2.27 bits per heavy atom. The second kappa shape index (κ2) is 12.3. The Kier molecular flexibility index (Phi) is 11.5. The highest BCUT2D eigenvalue weighted by molar-refractivity contribution is 5.81. The van der Waals surface area contributed by atoms with E-state index in [1.807, 2.05) is 13.8 Å². The van der Waals surface area contributed by atoms with Gasteiger partial charge in [-0.05, 0) is 18.8 Å². The first-order chi connectivity index (χ1) is 10.4. The van der Waals surface area contributed by atoms with Crippen molar-refractivity contribution in [3.8, 4) is 0 Å². The van der Waals surface area contributed by atoms with E-state index < -0.39 is 12.1 Å². The number of rotatable bonds is 11. The van der Waals surface area contributed by atoms with Crippen molar-refractivity contribution < 1.29 is 23.8 Å². The molecule has 0 aliphatic carbocycles. The molecule has 0 saturated heterocycles. The summed E-state index contributed by atoms with van der Waals surface area (Å²) in [6.07, 6.45) is 2.95. The summed E-state index contributed by atoms with van der Waals surface area (Å²) in [5.74, 6) is -0.0987. The van der Waals surface area contributed by atoms with Gasteiger partial charge in [0.25, 0.3) is 0 Å². The summed E-state index contributed by atoms with van der Waals surface area (Å²) in [6.45, 7) is 6.99. The van der Waals surface area contributed by atoms with Gasteiger partial charge in [0.05, 0.1) is 13.2 Å². The van der Waals surface area contributed by atoms with Crippen LogP contribution in [0.3, 0.4) is 0 Å². The zero-order valence-corrected chi connectivity index (χ0v) is 14.6.